The maximum Gasteiger partial charge on any atom is 0.416 e. The lowest BCUT2D eigenvalue weighted by Gasteiger charge is -2.14. The van der Waals surface area contributed by atoms with Crippen molar-refractivity contribution in [3.8, 4) is 5.75 Å². The van der Waals surface area contributed by atoms with Crippen LogP contribution in [0.1, 0.15) is 10.4 Å². The minimum atomic E-state index is -4.58. The number of benzene rings is 1. The quantitative estimate of drug-likeness (QED) is 0.497. The summed E-state index contributed by atoms with van der Waals surface area (Å²) in [5.41, 5.74) is -0.842. The Morgan fingerprint density at radius 3 is 2.43 bits per heavy atom. The lowest BCUT2D eigenvalue weighted by atomic mass is 10.2. The van der Waals surface area contributed by atoms with Crippen LogP contribution >= 0.6 is 22.9 Å². The second-order valence-corrected chi connectivity index (χ2v) is 6.89. The second kappa shape index (κ2) is 8.98. The average Bonchev–Trinajstić information content (AvgIpc) is 2.97. The Kier molecular flexibility index (Phi) is 6.92. The first kappa shape index (κ1) is 21.6. The van der Waals surface area contributed by atoms with Gasteiger partial charge >= 0.3 is 18.2 Å². The second-order valence-electron chi connectivity index (χ2n) is 5.18. The molecule has 150 valence electrons. The van der Waals surface area contributed by atoms with E-state index in [2.05, 4.69) is 15.4 Å². The molecule has 6 nitrogen and oxygen atoms in total. The summed E-state index contributed by atoms with van der Waals surface area (Å²) in [6.45, 7) is 0. The SMILES string of the molecule is COC(=O)/C=C\c1sc(Cl)cc1NC(=O)Nc1cc(C(F)(F)F)ccc1OC. The number of alkyl halides is 3. The smallest absolute Gasteiger partial charge is 0.416 e. The molecule has 0 radical (unpaired) electrons. The molecule has 0 saturated heterocycles. The molecule has 0 aliphatic heterocycles. The third kappa shape index (κ3) is 5.64. The van der Waals surface area contributed by atoms with Crippen molar-refractivity contribution >= 4 is 52.4 Å². The first-order valence-corrected chi connectivity index (χ1v) is 8.72. The zero-order valence-electron chi connectivity index (χ0n) is 14.5. The van der Waals surface area contributed by atoms with Crippen LogP contribution in [0.4, 0.5) is 29.3 Å². The highest BCUT2D eigenvalue weighted by Crippen LogP contribution is 2.35. The van der Waals surface area contributed by atoms with Crippen LogP contribution in [-0.2, 0) is 15.7 Å². The number of methoxy groups -OCH3 is 2. The molecule has 0 fully saturated rings. The Labute approximate surface area is 166 Å². The lowest BCUT2D eigenvalue weighted by molar-refractivity contribution is -0.137. The van der Waals surface area contributed by atoms with Crippen molar-refractivity contribution in [2.24, 2.45) is 0 Å². The Hall–Kier alpha value is -2.72. The Morgan fingerprint density at radius 2 is 1.82 bits per heavy atom. The number of hydrogen-bond acceptors (Lipinski definition) is 5. The van der Waals surface area contributed by atoms with Crippen molar-refractivity contribution in [2.45, 2.75) is 6.18 Å². The van der Waals surface area contributed by atoms with E-state index in [0.717, 1.165) is 35.6 Å². The van der Waals surface area contributed by atoms with Gasteiger partial charge in [-0.05, 0) is 30.3 Å². The summed E-state index contributed by atoms with van der Waals surface area (Å²) in [5, 5.41) is 4.77. The van der Waals surface area contributed by atoms with Gasteiger partial charge in [-0.3, -0.25) is 0 Å². The molecule has 0 saturated carbocycles. The highest BCUT2D eigenvalue weighted by atomic mass is 35.5. The number of esters is 1. The predicted octanol–water partition coefficient (Wildman–Crippen LogP) is 5.26. The molecule has 11 heteroatoms. The van der Waals surface area contributed by atoms with E-state index in [1.165, 1.54) is 26.4 Å². The summed E-state index contributed by atoms with van der Waals surface area (Å²) in [6.07, 6.45) is -2.05. The van der Waals surface area contributed by atoms with Crippen LogP contribution in [-0.4, -0.2) is 26.2 Å². The fraction of sp³-hybridized carbons (Fsp3) is 0.176. The number of ether oxygens (including phenoxy) is 2. The van der Waals surface area contributed by atoms with E-state index >= 15 is 0 Å². The van der Waals surface area contributed by atoms with Gasteiger partial charge in [0.25, 0.3) is 0 Å². The number of hydrogen-bond donors (Lipinski definition) is 2. The number of nitrogens with one attached hydrogen (secondary N) is 2. The van der Waals surface area contributed by atoms with E-state index < -0.39 is 23.7 Å². The van der Waals surface area contributed by atoms with Crippen LogP contribution in [0.25, 0.3) is 6.08 Å². The number of thiophene rings is 1. The van der Waals surface area contributed by atoms with E-state index in [0.29, 0.717) is 9.21 Å². The van der Waals surface area contributed by atoms with Crippen molar-refractivity contribution in [3.63, 3.8) is 0 Å². The summed E-state index contributed by atoms with van der Waals surface area (Å²) >= 11 is 7.01. The topological polar surface area (TPSA) is 76.7 Å². The Bertz CT molecular complexity index is 912. The minimum absolute atomic E-state index is 0.0531. The maximum atomic E-state index is 12.9. The first-order chi connectivity index (χ1) is 13.1. The van der Waals surface area contributed by atoms with Crippen molar-refractivity contribution in [2.75, 3.05) is 24.9 Å². The molecule has 0 atom stereocenters. The van der Waals surface area contributed by atoms with Crippen LogP contribution in [0, 0.1) is 0 Å². The number of carbonyl (C=O) groups is 2. The molecule has 1 heterocycles. The molecule has 2 amide bonds. The van der Waals surface area contributed by atoms with Crippen molar-refractivity contribution in [1.82, 2.24) is 0 Å². The molecule has 0 aliphatic carbocycles. The largest absolute Gasteiger partial charge is 0.495 e. The third-order valence-electron chi connectivity index (χ3n) is 3.33. The Morgan fingerprint density at radius 1 is 1.14 bits per heavy atom. The number of anilines is 2. The fourth-order valence-electron chi connectivity index (χ4n) is 2.07. The molecule has 2 N–H and O–H groups in total. The van der Waals surface area contributed by atoms with Gasteiger partial charge in [0, 0.05) is 6.08 Å². The number of amides is 2. The van der Waals surface area contributed by atoms with Gasteiger partial charge in [-0.15, -0.1) is 11.3 Å². The normalized spacial score (nSPS) is 11.4. The van der Waals surface area contributed by atoms with Gasteiger partial charge in [0.05, 0.1) is 40.4 Å². The molecule has 0 bridgehead atoms. The van der Waals surface area contributed by atoms with Crippen molar-refractivity contribution in [1.29, 1.82) is 0 Å². The van der Waals surface area contributed by atoms with E-state index in [-0.39, 0.29) is 17.1 Å². The van der Waals surface area contributed by atoms with Gasteiger partial charge in [-0.2, -0.15) is 13.2 Å². The zero-order valence-corrected chi connectivity index (χ0v) is 16.1. The highest BCUT2D eigenvalue weighted by molar-refractivity contribution is 7.17. The summed E-state index contributed by atoms with van der Waals surface area (Å²) in [5.74, 6) is -0.550. The van der Waals surface area contributed by atoms with Gasteiger partial charge in [0.1, 0.15) is 5.75 Å². The van der Waals surface area contributed by atoms with Crippen LogP contribution in [0.2, 0.25) is 4.34 Å². The lowest BCUT2D eigenvalue weighted by Crippen LogP contribution is -2.20. The van der Waals surface area contributed by atoms with E-state index in [4.69, 9.17) is 16.3 Å². The van der Waals surface area contributed by atoms with E-state index in [1.54, 1.807) is 0 Å². The van der Waals surface area contributed by atoms with Gasteiger partial charge < -0.3 is 20.1 Å². The maximum absolute atomic E-state index is 12.9. The number of rotatable bonds is 5. The zero-order chi connectivity index (χ0) is 20.9. The standard InChI is InChI=1S/C17H14ClF3N2O4S/c1-26-12-4-3-9(17(19,20)21)7-10(12)22-16(25)23-11-8-14(18)28-13(11)5-6-15(24)27-2/h3-8H,1-2H3,(H2,22,23,25)/b6-5-. The van der Waals surface area contributed by atoms with Crippen LogP contribution in [0.5, 0.6) is 5.75 Å². The van der Waals surface area contributed by atoms with Crippen LogP contribution < -0.4 is 15.4 Å². The van der Waals surface area contributed by atoms with E-state index in [1.807, 2.05) is 0 Å². The highest BCUT2D eigenvalue weighted by Gasteiger charge is 2.31. The minimum Gasteiger partial charge on any atom is -0.495 e. The number of halogens is 4. The average molecular weight is 435 g/mol. The molecule has 2 aromatic rings. The molecule has 0 spiro atoms. The van der Waals surface area contributed by atoms with Crippen LogP contribution in [0.15, 0.2) is 30.3 Å². The van der Waals surface area contributed by atoms with Crippen molar-refractivity contribution in [3.05, 3.63) is 45.1 Å². The Balaban J connectivity index is 2.21. The summed E-state index contributed by atoms with van der Waals surface area (Å²) < 4.78 is 48.5. The van der Waals surface area contributed by atoms with Crippen molar-refractivity contribution < 1.29 is 32.2 Å². The van der Waals surface area contributed by atoms with E-state index in [9.17, 15) is 22.8 Å². The summed E-state index contributed by atoms with van der Waals surface area (Å²) in [7, 11) is 2.48. The molecule has 2 rings (SSSR count). The summed E-state index contributed by atoms with van der Waals surface area (Å²) in [6, 6.07) is 3.32. The third-order valence-corrected chi connectivity index (χ3v) is 4.56. The van der Waals surface area contributed by atoms with Crippen LogP contribution in [0.3, 0.4) is 0 Å². The number of carbonyl (C=O) groups excluding carboxylic acids is 2. The molecule has 1 aromatic heterocycles. The summed E-state index contributed by atoms with van der Waals surface area (Å²) in [4.78, 5) is 23.9. The van der Waals surface area contributed by atoms with Gasteiger partial charge in [-0.1, -0.05) is 11.6 Å². The van der Waals surface area contributed by atoms with Gasteiger partial charge in [0.2, 0.25) is 0 Å². The monoisotopic (exact) mass is 434 g/mol. The molecule has 1 aromatic carbocycles. The molecule has 0 aliphatic rings. The first-order valence-electron chi connectivity index (χ1n) is 7.52. The molecule has 28 heavy (non-hydrogen) atoms. The predicted molar refractivity (Wildman–Crippen MR) is 101 cm³/mol. The van der Waals surface area contributed by atoms with Gasteiger partial charge in [0.15, 0.2) is 0 Å². The van der Waals surface area contributed by atoms with Gasteiger partial charge in [-0.25, -0.2) is 9.59 Å². The molecular weight excluding hydrogens is 421 g/mol. The number of urea groups is 1. The molecular formula is C17H14ClF3N2O4S. The fourth-order valence-corrected chi connectivity index (χ4v) is 3.17. The molecule has 0 unspecified atom stereocenters.